The van der Waals surface area contributed by atoms with E-state index in [1.807, 2.05) is 0 Å². The van der Waals surface area contributed by atoms with Crippen molar-refractivity contribution >= 4 is 5.97 Å². The summed E-state index contributed by atoms with van der Waals surface area (Å²) in [5, 5.41) is 6.02. The van der Waals surface area contributed by atoms with E-state index >= 15 is 0 Å². The molecule has 1 heterocycles. The summed E-state index contributed by atoms with van der Waals surface area (Å²) < 4.78 is 31.3. The van der Waals surface area contributed by atoms with Gasteiger partial charge in [0.05, 0.1) is 18.4 Å². The second-order valence-electron chi connectivity index (χ2n) is 3.26. The van der Waals surface area contributed by atoms with E-state index in [-0.39, 0.29) is 17.0 Å². The minimum absolute atomic E-state index is 0.0148. The molecule has 0 aliphatic heterocycles. The summed E-state index contributed by atoms with van der Waals surface area (Å²) in [6, 6.07) is 4.71. The Bertz CT molecular complexity index is 546. The Labute approximate surface area is 95.2 Å². The molecule has 4 nitrogen and oxygen atoms in total. The van der Waals surface area contributed by atoms with E-state index in [1.54, 1.807) is 0 Å². The molecule has 1 aromatic carbocycles. The van der Waals surface area contributed by atoms with Crippen molar-refractivity contribution in [2.75, 3.05) is 7.11 Å². The highest BCUT2D eigenvalue weighted by molar-refractivity contribution is 5.88. The molecule has 1 N–H and O–H groups in total. The Morgan fingerprint density at radius 3 is 2.59 bits per heavy atom. The van der Waals surface area contributed by atoms with Gasteiger partial charge in [0.25, 0.3) is 0 Å². The van der Waals surface area contributed by atoms with Gasteiger partial charge in [0, 0.05) is 0 Å². The Kier molecular flexibility index (Phi) is 2.86. The van der Waals surface area contributed by atoms with E-state index in [0.29, 0.717) is 0 Å². The quantitative estimate of drug-likeness (QED) is 0.815. The summed E-state index contributed by atoms with van der Waals surface area (Å²) in [5.74, 6) is -2.14. The lowest BCUT2D eigenvalue weighted by molar-refractivity contribution is 0.0594. The molecule has 0 atom stereocenters. The first-order valence-corrected chi connectivity index (χ1v) is 4.71. The molecule has 0 amide bonds. The van der Waals surface area contributed by atoms with E-state index in [0.717, 1.165) is 12.1 Å². The van der Waals surface area contributed by atoms with E-state index in [2.05, 4.69) is 14.9 Å². The molecule has 6 heteroatoms. The molecule has 0 radical (unpaired) electrons. The van der Waals surface area contributed by atoms with Crippen LogP contribution in [0, 0.1) is 11.6 Å². The number of benzene rings is 1. The van der Waals surface area contributed by atoms with Crippen molar-refractivity contribution in [3.05, 3.63) is 41.6 Å². The van der Waals surface area contributed by atoms with E-state index in [1.165, 1.54) is 19.2 Å². The average molecular weight is 238 g/mol. The fourth-order valence-electron chi connectivity index (χ4n) is 1.41. The standard InChI is InChI=1S/C11H8F2N2O2/c1-17-11(16)9-5-8(14-15-9)10-6(12)3-2-4-7(10)13/h2-5H,1H3,(H,14,15). The minimum Gasteiger partial charge on any atom is -0.464 e. The Hall–Kier alpha value is -2.24. The third-order valence-corrected chi connectivity index (χ3v) is 2.20. The Morgan fingerprint density at radius 1 is 1.35 bits per heavy atom. The summed E-state index contributed by atoms with van der Waals surface area (Å²) in [7, 11) is 1.20. The Balaban J connectivity index is 2.47. The molecular weight excluding hydrogens is 230 g/mol. The summed E-state index contributed by atoms with van der Waals surface area (Å²) >= 11 is 0. The smallest absolute Gasteiger partial charge is 0.356 e. The average Bonchev–Trinajstić information content (AvgIpc) is 2.77. The van der Waals surface area contributed by atoms with Crippen LogP contribution in [0.3, 0.4) is 0 Å². The first-order valence-electron chi connectivity index (χ1n) is 4.71. The normalized spacial score (nSPS) is 10.3. The topological polar surface area (TPSA) is 55.0 Å². The fraction of sp³-hybridized carbons (Fsp3) is 0.0909. The number of halogens is 2. The molecule has 0 spiro atoms. The van der Waals surface area contributed by atoms with Gasteiger partial charge >= 0.3 is 5.97 Å². The lowest BCUT2D eigenvalue weighted by atomic mass is 10.1. The molecule has 0 aliphatic rings. The maximum Gasteiger partial charge on any atom is 0.356 e. The highest BCUT2D eigenvalue weighted by atomic mass is 19.1. The number of nitrogens with zero attached hydrogens (tertiary/aromatic N) is 1. The lowest BCUT2D eigenvalue weighted by Crippen LogP contribution is -2.00. The SMILES string of the molecule is COC(=O)c1cc(-c2c(F)cccc2F)n[nH]1. The molecule has 88 valence electrons. The number of ether oxygens (including phenoxy) is 1. The third kappa shape index (κ3) is 2.01. The van der Waals surface area contributed by atoms with E-state index in [4.69, 9.17) is 0 Å². The summed E-state index contributed by atoms with van der Waals surface area (Å²) in [6.45, 7) is 0. The van der Waals surface area contributed by atoms with Crippen LogP contribution in [0.25, 0.3) is 11.3 Å². The molecule has 0 saturated carbocycles. The highest BCUT2D eigenvalue weighted by Gasteiger charge is 2.16. The number of carbonyl (C=O) groups is 1. The van der Waals surface area contributed by atoms with Crippen LogP contribution in [0.4, 0.5) is 8.78 Å². The molecule has 2 aromatic rings. The largest absolute Gasteiger partial charge is 0.464 e. The number of carbonyl (C=O) groups excluding carboxylic acids is 1. The number of esters is 1. The number of H-pyrrole nitrogens is 1. The van der Waals surface area contributed by atoms with Crippen molar-refractivity contribution in [3.63, 3.8) is 0 Å². The fourth-order valence-corrected chi connectivity index (χ4v) is 1.41. The van der Waals surface area contributed by atoms with Crippen LogP contribution in [0.2, 0.25) is 0 Å². The van der Waals surface area contributed by atoms with Crippen molar-refractivity contribution < 1.29 is 18.3 Å². The minimum atomic E-state index is -0.743. The van der Waals surface area contributed by atoms with Crippen LogP contribution in [0.1, 0.15) is 10.5 Å². The first kappa shape index (κ1) is 11.3. The second-order valence-corrected chi connectivity index (χ2v) is 3.26. The third-order valence-electron chi connectivity index (χ3n) is 2.20. The van der Waals surface area contributed by atoms with Gasteiger partial charge in [0.2, 0.25) is 0 Å². The summed E-state index contributed by atoms with van der Waals surface area (Å²) in [5.41, 5.74) is -0.231. The van der Waals surface area contributed by atoms with Crippen molar-refractivity contribution in [2.45, 2.75) is 0 Å². The highest BCUT2D eigenvalue weighted by Crippen LogP contribution is 2.24. The number of aromatic amines is 1. The molecule has 1 aromatic heterocycles. The molecule has 0 unspecified atom stereocenters. The first-order chi connectivity index (χ1) is 8.13. The van der Waals surface area contributed by atoms with Crippen molar-refractivity contribution in [1.29, 1.82) is 0 Å². The van der Waals surface area contributed by atoms with Gasteiger partial charge in [-0.25, -0.2) is 13.6 Å². The zero-order valence-electron chi connectivity index (χ0n) is 8.83. The molecule has 0 fully saturated rings. The van der Waals surface area contributed by atoms with Crippen LogP contribution < -0.4 is 0 Å². The Morgan fingerprint density at radius 2 is 2.00 bits per heavy atom. The van der Waals surface area contributed by atoms with Crippen molar-refractivity contribution in [1.82, 2.24) is 10.2 Å². The molecular formula is C11H8F2N2O2. The maximum atomic E-state index is 13.4. The lowest BCUT2D eigenvalue weighted by Gasteiger charge is -1.99. The van der Waals surface area contributed by atoms with Crippen molar-refractivity contribution in [3.8, 4) is 11.3 Å². The molecule has 2 rings (SSSR count). The predicted molar refractivity (Wildman–Crippen MR) is 55.3 cm³/mol. The second kappa shape index (κ2) is 4.32. The number of rotatable bonds is 2. The number of aromatic nitrogens is 2. The number of hydrogen-bond donors (Lipinski definition) is 1. The number of hydrogen-bond acceptors (Lipinski definition) is 3. The molecule has 0 saturated heterocycles. The van der Waals surface area contributed by atoms with E-state index in [9.17, 15) is 13.6 Å². The van der Waals surface area contributed by atoms with Crippen LogP contribution >= 0.6 is 0 Å². The van der Waals surface area contributed by atoms with Gasteiger partial charge in [-0.3, -0.25) is 5.10 Å². The zero-order valence-corrected chi connectivity index (χ0v) is 8.83. The van der Waals surface area contributed by atoms with Gasteiger partial charge in [0.1, 0.15) is 17.3 Å². The van der Waals surface area contributed by atoms with Crippen LogP contribution in [-0.2, 0) is 4.74 Å². The number of nitrogens with one attached hydrogen (secondary N) is 1. The summed E-state index contributed by atoms with van der Waals surface area (Å²) in [4.78, 5) is 11.1. The van der Waals surface area contributed by atoms with Crippen LogP contribution in [0.5, 0.6) is 0 Å². The van der Waals surface area contributed by atoms with Crippen LogP contribution in [-0.4, -0.2) is 23.3 Å². The van der Waals surface area contributed by atoms with Gasteiger partial charge < -0.3 is 4.74 Å². The van der Waals surface area contributed by atoms with E-state index < -0.39 is 17.6 Å². The maximum absolute atomic E-state index is 13.4. The van der Waals surface area contributed by atoms with Gasteiger partial charge in [0.15, 0.2) is 0 Å². The van der Waals surface area contributed by atoms with Gasteiger partial charge in [-0.1, -0.05) is 6.07 Å². The molecule has 17 heavy (non-hydrogen) atoms. The number of methoxy groups -OCH3 is 1. The zero-order chi connectivity index (χ0) is 12.4. The van der Waals surface area contributed by atoms with Gasteiger partial charge in [-0.2, -0.15) is 5.10 Å². The molecule has 0 aliphatic carbocycles. The monoisotopic (exact) mass is 238 g/mol. The van der Waals surface area contributed by atoms with Gasteiger partial charge in [-0.05, 0) is 18.2 Å². The van der Waals surface area contributed by atoms with Crippen molar-refractivity contribution in [2.24, 2.45) is 0 Å². The van der Waals surface area contributed by atoms with Gasteiger partial charge in [-0.15, -0.1) is 0 Å². The van der Waals surface area contributed by atoms with Crippen LogP contribution in [0.15, 0.2) is 24.3 Å². The predicted octanol–water partition coefficient (Wildman–Crippen LogP) is 2.14. The summed E-state index contributed by atoms with van der Waals surface area (Å²) in [6.07, 6.45) is 0. The molecule has 0 bridgehead atoms.